The van der Waals surface area contributed by atoms with E-state index < -0.39 is 6.10 Å². The molecule has 380 valence electrons. The number of carbonyl (C=O) groups is 3. The molecule has 0 aromatic rings. The second-order valence-electron chi connectivity index (χ2n) is 21.1. The normalized spacial score (nSPS) is 12.6. The molecule has 0 saturated carbocycles. The van der Waals surface area contributed by atoms with Crippen LogP contribution in [0.1, 0.15) is 318 Å². The van der Waals surface area contributed by atoms with Crippen molar-refractivity contribution in [1.82, 2.24) is 0 Å². The fourth-order valence-electron chi connectivity index (χ4n) is 8.79. The van der Waals surface area contributed by atoms with Gasteiger partial charge in [0, 0.05) is 19.3 Å². The summed E-state index contributed by atoms with van der Waals surface area (Å²) in [5.41, 5.74) is 0. The van der Waals surface area contributed by atoms with Crippen LogP contribution in [0.4, 0.5) is 0 Å². The molecule has 0 amide bonds. The first-order valence-electron chi connectivity index (χ1n) is 28.6. The molecule has 6 heteroatoms. The number of carbonyl (C=O) groups excluding carboxylic acids is 3. The van der Waals surface area contributed by atoms with Gasteiger partial charge in [-0.15, -0.1) is 0 Å². The average molecular weight is 906 g/mol. The van der Waals surface area contributed by atoms with E-state index in [0.29, 0.717) is 19.3 Å². The van der Waals surface area contributed by atoms with Gasteiger partial charge in [0.1, 0.15) is 13.2 Å². The molecule has 0 heterocycles. The van der Waals surface area contributed by atoms with Crippen LogP contribution in [0, 0.1) is 17.8 Å². The largest absolute Gasteiger partial charge is 0.462 e. The molecular formula is C58H112O6. The molecule has 0 aliphatic heterocycles. The highest BCUT2D eigenvalue weighted by Gasteiger charge is 2.19. The SMILES string of the molecule is CCC(C)CCCCCCCCCCCCCCCCC(=O)O[C@@H](COC(=O)CCCCCCCCCCCCCCC(C)C)COC(=O)CCCCCCCCCCCCC(C)C. The molecule has 0 rings (SSSR count). The predicted molar refractivity (Wildman–Crippen MR) is 275 cm³/mol. The summed E-state index contributed by atoms with van der Waals surface area (Å²) in [7, 11) is 0. The van der Waals surface area contributed by atoms with Crippen molar-refractivity contribution in [1.29, 1.82) is 0 Å². The van der Waals surface area contributed by atoms with Crippen LogP contribution in [-0.2, 0) is 28.6 Å². The molecule has 6 nitrogen and oxygen atoms in total. The maximum Gasteiger partial charge on any atom is 0.306 e. The summed E-state index contributed by atoms with van der Waals surface area (Å²) >= 11 is 0. The zero-order chi connectivity index (χ0) is 47.0. The number of ether oxygens (including phenoxy) is 3. The Morgan fingerprint density at radius 2 is 0.547 bits per heavy atom. The highest BCUT2D eigenvalue weighted by Crippen LogP contribution is 2.19. The Morgan fingerprint density at radius 1 is 0.312 bits per heavy atom. The van der Waals surface area contributed by atoms with E-state index >= 15 is 0 Å². The zero-order valence-electron chi connectivity index (χ0n) is 44.1. The van der Waals surface area contributed by atoms with E-state index in [4.69, 9.17) is 14.2 Å². The van der Waals surface area contributed by atoms with E-state index in [1.54, 1.807) is 0 Å². The zero-order valence-corrected chi connectivity index (χ0v) is 44.1. The second-order valence-corrected chi connectivity index (χ2v) is 21.1. The topological polar surface area (TPSA) is 78.9 Å². The lowest BCUT2D eigenvalue weighted by molar-refractivity contribution is -0.167. The number of unbranched alkanes of at least 4 members (excludes halogenated alkanes) is 33. The van der Waals surface area contributed by atoms with Crippen molar-refractivity contribution in [3.8, 4) is 0 Å². The molecule has 64 heavy (non-hydrogen) atoms. The summed E-state index contributed by atoms with van der Waals surface area (Å²) in [6.45, 7) is 13.8. The Bertz CT molecular complexity index is 993. The van der Waals surface area contributed by atoms with E-state index in [0.717, 1.165) is 75.5 Å². The molecule has 0 radical (unpaired) electrons. The van der Waals surface area contributed by atoms with Crippen molar-refractivity contribution in [3.05, 3.63) is 0 Å². The van der Waals surface area contributed by atoms with Gasteiger partial charge in [0.25, 0.3) is 0 Å². The minimum Gasteiger partial charge on any atom is -0.462 e. The van der Waals surface area contributed by atoms with Gasteiger partial charge in [0.2, 0.25) is 0 Å². The molecule has 0 N–H and O–H groups in total. The molecule has 0 aliphatic rings. The summed E-state index contributed by atoms with van der Waals surface area (Å²) in [6, 6.07) is 0. The van der Waals surface area contributed by atoms with Crippen LogP contribution in [0.2, 0.25) is 0 Å². The van der Waals surface area contributed by atoms with Crippen LogP contribution in [0.3, 0.4) is 0 Å². The van der Waals surface area contributed by atoms with E-state index in [9.17, 15) is 14.4 Å². The highest BCUT2D eigenvalue weighted by atomic mass is 16.6. The van der Waals surface area contributed by atoms with Crippen molar-refractivity contribution < 1.29 is 28.6 Å². The summed E-state index contributed by atoms with van der Waals surface area (Å²) in [6.07, 6.45) is 50.8. The Labute approximate surface area is 399 Å². The molecule has 0 bridgehead atoms. The van der Waals surface area contributed by atoms with Gasteiger partial charge in [0.15, 0.2) is 6.10 Å². The third-order valence-corrected chi connectivity index (χ3v) is 13.5. The van der Waals surface area contributed by atoms with Gasteiger partial charge in [-0.25, -0.2) is 0 Å². The molecule has 0 aliphatic carbocycles. The van der Waals surface area contributed by atoms with Crippen LogP contribution in [0.15, 0.2) is 0 Å². The first kappa shape index (κ1) is 62.4. The van der Waals surface area contributed by atoms with Crippen molar-refractivity contribution in [2.75, 3.05) is 13.2 Å². The van der Waals surface area contributed by atoms with Crippen molar-refractivity contribution in [2.45, 2.75) is 324 Å². The van der Waals surface area contributed by atoms with Crippen molar-refractivity contribution >= 4 is 17.9 Å². The van der Waals surface area contributed by atoms with E-state index in [-0.39, 0.29) is 31.1 Å². The minimum atomic E-state index is -0.763. The van der Waals surface area contributed by atoms with Gasteiger partial charge in [-0.05, 0) is 37.0 Å². The first-order chi connectivity index (χ1) is 31.1. The summed E-state index contributed by atoms with van der Waals surface area (Å²) in [5.74, 6) is 1.70. The number of esters is 3. The minimum absolute atomic E-state index is 0.0638. The molecule has 2 atom stereocenters. The number of hydrogen-bond acceptors (Lipinski definition) is 6. The van der Waals surface area contributed by atoms with E-state index in [1.165, 1.54) is 199 Å². The molecular weight excluding hydrogens is 793 g/mol. The van der Waals surface area contributed by atoms with Crippen LogP contribution >= 0.6 is 0 Å². The maximum absolute atomic E-state index is 12.9. The van der Waals surface area contributed by atoms with Crippen molar-refractivity contribution in [2.24, 2.45) is 17.8 Å². The Balaban J connectivity index is 4.31. The van der Waals surface area contributed by atoms with E-state index in [1.807, 2.05) is 0 Å². The monoisotopic (exact) mass is 905 g/mol. The smallest absolute Gasteiger partial charge is 0.306 e. The Kier molecular flexibility index (Phi) is 48.1. The lowest BCUT2D eigenvalue weighted by Crippen LogP contribution is -2.30. The molecule has 0 fully saturated rings. The molecule has 1 unspecified atom stereocenters. The van der Waals surface area contributed by atoms with Gasteiger partial charge >= 0.3 is 17.9 Å². The third kappa shape index (κ3) is 49.8. The van der Waals surface area contributed by atoms with Gasteiger partial charge in [-0.1, -0.05) is 279 Å². The molecule has 0 aromatic carbocycles. The molecule has 0 spiro atoms. The standard InChI is InChI=1S/C58H112O6/c1-7-54(6)46-40-34-28-22-15-10-8-9-11-17-25-31-37-43-49-58(61)64-55(51-63-57(60)48-42-36-30-24-19-18-21-27-33-39-45-53(4)5)50-62-56(59)47-41-35-29-23-16-13-12-14-20-26-32-38-44-52(2)3/h52-55H,7-51H2,1-6H3/t54?,55-/m0/s1. The second kappa shape index (κ2) is 49.3. The van der Waals surface area contributed by atoms with Crippen molar-refractivity contribution in [3.63, 3.8) is 0 Å². The highest BCUT2D eigenvalue weighted by molar-refractivity contribution is 5.71. The van der Waals surface area contributed by atoms with Gasteiger partial charge in [0.05, 0.1) is 0 Å². The fraction of sp³-hybridized carbons (Fsp3) is 0.948. The number of hydrogen-bond donors (Lipinski definition) is 0. The lowest BCUT2D eigenvalue weighted by atomic mass is 9.99. The number of rotatable bonds is 51. The Hall–Kier alpha value is -1.59. The summed E-state index contributed by atoms with van der Waals surface area (Å²) in [5, 5.41) is 0. The van der Waals surface area contributed by atoms with Crippen LogP contribution in [-0.4, -0.2) is 37.2 Å². The summed E-state index contributed by atoms with van der Waals surface area (Å²) in [4.78, 5) is 38.1. The third-order valence-electron chi connectivity index (χ3n) is 13.5. The molecule has 0 saturated heterocycles. The van der Waals surface area contributed by atoms with Crippen LogP contribution in [0.5, 0.6) is 0 Å². The Morgan fingerprint density at radius 3 is 0.812 bits per heavy atom. The quantitative estimate of drug-likeness (QED) is 0.0344. The van der Waals surface area contributed by atoms with E-state index in [2.05, 4.69) is 41.5 Å². The first-order valence-corrected chi connectivity index (χ1v) is 28.6. The van der Waals surface area contributed by atoms with Crippen LogP contribution < -0.4 is 0 Å². The van der Waals surface area contributed by atoms with Gasteiger partial charge in [-0.3, -0.25) is 14.4 Å². The van der Waals surface area contributed by atoms with Crippen LogP contribution in [0.25, 0.3) is 0 Å². The lowest BCUT2D eigenvalue weighted by Gasteiger charge is -2.18. The average Bonchev–Trinajstić information content (AvgIpc) is 3.27. The summed E-state index contributed by atoms with van der Waals surface area (Å²) < 4.78 is 16.9. The molecule has 0 aromatic heterocycles. The maximum atomic E-state index is 12.9. The predicted octanol–water partition coefficient (Wildman–Crippen LogP) is 18.7. The fourth-order valence-corrected chi connectivity index (χ4v) is 8.79. The van der Waals surface area contributed by atoms with Gasteiger partial charge in [-0.2, -0.15) is 0 Å². The van der Waals surface area contributed by atoms with Gasteiger partial charge < -0.3 is 14.2 Å².